The average molecular weight is 234 g/mol. The number of ether oxygens (including phenoxy) is 1. The maximum atomic E-state index is 5.00. The van der Waals surface area contributed by atoms with Crippen LogP contribution in [0.4, 0.5) is 0 Å². The molecule has 1 rings (SSSR count). The number of aryl methyl sites for hydroxylation is 1. The van der Waals surface area contributed by atoms with E-state index in [9.17, 15) is 0 Å². The molecule has 0 unspecified atom stereocenters. The van der Waals surface area contributed by atoms with Gasteiger partial charge in [0.15, 0.2) is 0 Å². The molecule has 0 radical (unpaired) electrons. The van der Waals surface area contributed by atoms with Crippen molar-refractivity contribution in [1.29, 1.82) is 0 Å². The van der Waals surface area contributed by atoms with Crippen LogP contribution in [0.15, 0.2) is 30.3 Å². The highest BCUT2D eigenvalue weighted by Crippen LogP contribution is 2.07. The van der Waals surface area contributed by atoms with Gasteiger partial charge in [0.1, 0.15) is 0 Å². The Bertz CT molecular complexity index is 302. The van der Waals surface area contributed by atoms with E-state index in [1.165, 1.54) is 17.5 Å². The van der Waals surface area contributed by atoms with Gasteiger partial charge in [-0.1, -0.05) is 55.8 Å². The maximum Gasteiger partial charge on any atom is 0.0462 e. The lowest BCUT2D eigenvalue weighted by molar-refractivity contribution is 0.193. The minimum atomic E-state index is 0.873. The van der Waals surface area contributed by atoms with Gasteiger partial charge in [0, 0.05) is 13.7 Å². The van der Waals surface area contributed by atoms with Gasteiger partial charge in [0.05, 0.1) is 0 Å². The number of hydrogen-bond acceptors (Lipinski definition) is 1. The highest BCUT2D eigenvalue weighted by atomic mass is 16.5. The van der Waals surface area contributed by atoms with Crippen LogP contribution in [0.2, 0.25) is 0 Å². The van der Waals surface area contributed by atoms with Gasteiger partial charge in [-0.15, -0.1) is 0 Å². The zero-order valence-electron chi connectivity index (χ0n) is 11.7. The van der Waals surface area contributed by atoms with Crippen molar-refractivity contribution in [2.75, 3.05) is 13.7 Å². The van der Waals surface area contributed by atoms with E-state index in [2.05, 4.69) is 43.3 Å². The number of allylic oxidation sites excluding steroid dienone is 1. The summed E-state index contributed by atoms with van der Waals surface area (Å²) >= 11 is 0. The van der Waals surface area contributed by atoms with Gasteiger partial charge in [0.2, 0.25) is 0 Å². The van der Waals surface area contributed by atoms with Crippen LogP contribution in [0.5, 0.6) is 0 Å². The van der Waals surface area contributed by atoms with E-state index in [0.29, 0.717) is 0 Å². The molecule has 0 amide bonds. The van der Waals surface area contributed by atoms with Crippen LogP contribution in [0, 0.1) is 6.92 Å². The van der Waals surface area contributed by atoms with Crippen molar-refractivity contribution in [3.05, 3.63) is 41.5 Å². The van der Waals surface area contributed by atoms with Crippen molar-refractivity contribution in [3.63, 3.8) is 0 Å². The average Bonchev–Trinajstić information content (AvgIpc) is 2.36. The molecule has 96 valence electrons. The monoisotopic (exact) mass is 234 g/mol. The van der Waals surface area contributed by atoms with Gasteiger partial charge in [-0.05, 0) is 31.7 Å². The molecular weight excluding hydrogens is 208 g/mol. The molecule has 0 aliphatic rings. The lowest BCUT2D eigenvalue weighted by Gasteiger charge is -1.97. The molecule has 0 bridgehead atoms. The Morgan fingerprint density at radius 3 is 2.59 bits per heavy atom. The zero-order chi connectivity index (χ0) is 12.9. The topological polar surface area (TPSA) is 9.23 Å². The Morgan fingerprint density at radius 1 is 1.18 bits per heavy atom. The predicted molar refractivity (Wildman–Crippen MR) is 77.3 cm³/mol. The number of unbranched alkanes of at least 4 members (excludes halogenated alkanes) is 2. The molecule has 0 aliphatic heterocycles. The summed E-state index contributed by atoms with van der Waals surface area (Å²) in [6.45, 7) is 6.99. The van der Waals surface area contributed by atoms with Crippen LogP contribution in [0.25, 0.3) is 6.08 Å². The van der Waals surface area contributed by atoms with E-state index in [-0.39, 0.29) is 0 Å². The summed E-state index contributed by atoms with van der Waals surface area (Å²) < 4.78 is 5.00. The van der Waals surface area contributed by atoms with Gasteiger partial charge in [0.25, 0.3) is 0 Å². The molecule has 1 aromatic carbocycles. The largest absolute Gasteiger partial charge is 0.385 e. The zero-order valence-corrected chi connectivity index (χ0v) is 11.7. The fourth-order valence-electron chi connectivity index (χ4n) is 1.50. The van der Waals surface area contributed by atoms with Crippen LogP contribution < -0.4 is 0 Å². The standard InChI is InChI=1S/C14H20O.C2H6/c1-13-8-7-10-14(12-13)9-5-3-4-6-11-15-2;1-2/h5,7-10,12H,3-4,6,11H2,1-2H3;1-2H3/b9-5+;. The summed E-state index contributed by atoms with van der Waals surface area (Å²) in [5.74, 6) is 0. The molecule has 1 heteroatoms. The van der Waals surface area contributed by atoms with E-state index in [4.69, 9.17) is 4.74 Å². The summed E-state index contributed by atoms with van der Waals surface area (Å²) in [5, 5.41) is 0. The fourth-order valence-corrected chi connectivity index (χ4v) is 1.50. The summed E-state index contributed by atoms with van der Waals surface area (Å²) in [7, 11) is 1.75. The summed E-state index contributed by atoms with van der Waals surface area (Å²) in [5.41, 5.74) is 2.61. The molecule has 1 nitrogen and oxygen atoms in total. The highest BCUT2D eigenvalue weighted by molar-refractivity contribution is 5.49. The minimum Gasteiger partial charge on any atom is -0.385 e. The van der Waals surface area contributed by atoms with E-state index in [1.54, 1.807) is 7.11 Å². The second-order valence-corrected chi connectivity index (χ2v) is 3.81. The smallest absolute Gasteiger partial charge is 0.0462 e. The van der Waals surface area contributed by atoms with Crippen molar-refractivity contribution < 1.29 is 4.74 Å². The fraction of sp³-hybridized carbons (Fsp3) is 0.500. The van der Waals surface area contributed by atoms with Gasteiger partial charge >= 0.3 is 0 Å². The molecule has 0 saturated carbocycles. The second kappa shape index (κ2) is 11.4. The quantitative estimate of drug-likeness (QED) is 0.639. The first-order valence-electron chi connectivity index (χ1n) is 6.55. The first kappa shape index (κ1) is 15.9. The van der Waals surface area contributed by atoms with Gasteiger partial charge < -0.3 is 4.74 Å². The van der Waals surface area contributed by atoms with E-state index >= 15 is 0 Å². The maximum absolute atomic E-state index is 5.00. The molecule has 0 aliphatic carbocycles. The lowest BCUT2D eigenvalue weighted by Crippen LogP contribution is -1.86. The third-order valence-corrected chi connectivity index (χ3v) is 2.32. The van der Waals surface area contributed by atoms with Crippen molar-refractivity contribution >= 4 is 6.08 Å². The van der Waals surface area contributed by atoms with Gasteiger partial charge in [-0.25, -0.2) is 0 Å². The predicted octanol–water partition coefficient (Wildman–Crippen LogP) is 4.85. The molecule has 0 atom stereocenters. The summed E-state index contributed by atoms with van der Waals surface area (Å²) in [6.07, 6.45) is 7.92. The Balaban J connectivity index is 0.00000121. The van der Waals surface area contributed by atoms with Crippen molar-refractivity contribution in [2.45, 2.75) is 40.0 Å². The Labute approximate surface area is 107 Å². The van der Waals surface area contributed by atoms with Crippen LogP contribution in [0.1, 0.15) is 44.2 Å². The Morgan fingerprint density at radius 2 is 1.94 bits per heavy atom. The molecule has 17 heavy (non-hydrogen) atoms. The SMILES string of the molecule is CC.COCCCC/C=C/c1cccc(C)c1. The molecule has 0 heterocycles. The molecular formula is C16H26O. The highest BCUT2D eigenvalue weighted by Gasteiger charge is 1.87. The van der Waals surface area contributed by atoms with Crippen LogP contribution in [0.3, 0.4) is 0 Å². The minimum absolute atomic E-state index is 0.873. The summed E-state index contributed by atoms with van der Waals surface area (Å²) in [6, 6.07) is 8.56. The lowest BCUT2D eigenvalue weighted by atomic mass is 10.1. The van der Waals surface area contributed by atoms with E-state index in [1.807, 2.05) is 13.8 Å². The van der Waals surface area contributed by atoms with Gasteiger partial charge in [-0.3, -0.25) is 0 Å². The Kier molecular flexibility index (Phi) is 10.7. The molecule has 0 aromatic heterocycles. The third-order valence-electron chi connectivity index (χ3n) is 2.32. The Hall–Kier alpha value is -1.08. The molecule has 0 spiro atoms. The molecule has 0 saturated heterocycles. The second-order valence-electron chi connectivity index (χ2n) is 3.81. The van der Waals surface area contributed by atoms with Crippen LogP contribution in [-0.4, -0.2) is 13.7 Å². The third kappa shape index (κ3) is 8.70. The molecule has 0 fully saturated rings. The summed E-state index contributed by atoms with van der Waals surface area (Å²) in [4.78, 5) is 0. The van der Waals surface area contributed by atoms with Gasteiger partial charge in [-0.2, -0.15) is 0 Å². The van der Waals surface area contributed by atoms with Crippen molar-refractivity contribution in [3.8, 4) is 0 Å². The normalized spacial score (nSPS) is 10.1. The molecule has 0 N–H and O–H groups in total. The first-order chi connectivity index (χ1) is 8.33. The van der Waals surface area contributed by atoms with Crippen molar-refractivity contribution in [1.82, 2.24) is 0 Å². The van der Waals surface area contributed by atoms with E-state index < -0.39 is 0 Å². The number of rotatable bonds is 6. The number of benzene rings is 1. The van der Waals surface area contributed by atoms with Crippen molar-refractivity contribution in [2.24, 2.45) is 0 Å². The molecule has 1 aromatic rings. The number of hydrogen-bond donors (Lipinski definition) is 0. The van der Waals surface area contributed by atoms with E-state index in [0.717, 1.165) is 19.4 Å². The van der Waals surface area contributed by atoms with Crippen LogP contribution in [-0.2, 0) is 4.74 Å². The van der Waals surface area contributed by atoms with Crippen LogP contribution >= 0.6 is 0 Å². The first-order valence-corrected chi connectivity index (χ1v) is 6.55. The number of methoxy groups -OCH3 is 1.